The van der Waals surface area contributed by atoms with Crippen LogP contribution in [0.25, 0.3) is 0 Å². The van der Waals surface area contributed by atoms with Crippen LogP contribution in [0, 0.1) is 12.7 Å². The van der Waals surface area contributed by atoms with Gasteiger partial charge in [0.05, 0.1) is 15.9 Å². The van der Waals surface area contributed by atoms with Crippen molar-refractivity contribution in [2.75, 3.05) is 23.4 Å². The smallest absolute Gasteiger partial charge is 0.237 e. The molecule has 0 aliphatic heterocycles. The lowest BCUT2D eigenvalue weighted by atomic mass is 10.2. The number of hydrogen-bond acceptors (Lipinski definition) is 3. The summed E-state index contributed by atoms with van der Waals surface area (Å²) in [5, 5.41) is 0. The van der Waals surface area contributed by atoms with Crippen LogP contribution in [-0.2, 0) is 14.8 Å². The van der Waals surface area contributed by atoms with Crippen molar-refractivity contribution in [3.8, 4) is 0 Å². The summed E-state index contributed by atoms with van der Waals surface area (Å²) in [6.07, 6.45) is 0.461. The molecule has 0 unspecified atom stereocenters. The number of ether oxygens (including phenoxy) is 1. The van der Waals surface area contributed by atoms with Crippen LogP contribution < -0.4 is 4.31 Å². The summed E-state index contributed by atoms with van der Waals surface area (Å²) in [6, 6.07) is 4.08. The average molecular weight is 440 g/mol. The molecule has 24 heavy (non-hydrogen) atoms. The highest BCUT2D eigenvalue weighted by Gasteiger charge is 2.26. The molecule has 0 aliphatic carbocycles. The number of halogens is 2. The summed E-state index contributed by atoms with van der Waals surface area (Å²) in [5.74, 6) is -0.635. The molecule has 0 heterocycles. The highest BCUT2D eigenvalue weighted by Crippen LogP contribution is 2.30. The quantitative estimate of drug-likeness (QED) is 0.316. The van der Waals surface area contributed by atoms with Crippen LogP contribution in [0.5, 0.6) is 0 Å². The molecule has 138 valence electrons. The molecule has 4 nitrogen and oxygen atoms in total. The van der Waals surface area contributed by atoms with E-state index >= 15 is 0 Å². The summed E-state index contributed by atoms with van der Waals surface area (Å²) in [5.41, 5.74) is 0.806. The van der Waals surface area contributed by atoms with E-state index in [1.807, 2.05) is 0 Å². The minimum atomic E-state index is -3.64. The average Bonchev–Trinajstić information content (AvgIpc) is 2.41. The van der Waals surface area contributed by atoms with Gasteiger partial charge in [0.1, 0.15) is 6.73 Å². The van der Waals surface area contributed by atoms with Gasteiger partial charge in [-0.2, -0.15) is 0 Å². The molecular weight excluding hydrogens is 413 g/mol. The summed E-state index contributed by atoms with van der Waals surface area (Å²) in [7, 11) is -4.91. The molecule has 0 saturated heterocycles. The summed E-state index contributed by atoms with van der Waals surface area (Å²) < 4.78 is 46.5. The summed E-state index contributed by atoms with van der Waals surface area (Å²) in [6.45, 7) is 10.6. The van der Waals surface area contributed by atoms with Crippen LogP contribution in [0.1, 0.15) is 18.9 Å². The Kier molecular flexibility index (Phi) is 7.90. The Hall–Kier alpha value is -0.443. The largest absolute Gasteiger partial charge is 0.360 e. The van der Waals surface area contributed by atoms with E-state index in [2.05, 4.69) is 35.6 Å². The van der Waals surface area contributed by atoms with Gasteiger partial charge in [-0.15, -0.1) is 0 Å². The van der Waals surface area contributed by atoms with E-state index in [-0.39, 0.29) is 22.6 Å². The number of hydrogen-bond donors (Lipinski definition) is 0. The maximum atomic E-state index is 14.5. The third-order valence-electron chi connectivity index (χ3n) is 3.42. The Bertz CT molecular complexity index is 662. The Morgan fingerprint density at radius 2 is 1.92 bits per heavy atom. The van der Waals surface area contributed by atoms with Crippen molar-refractivity contribution in [2.45, 2.75) is 46.0 Å². The molecule has 1 rings (SSSR count). The van der Waals surface area contributed by atoms with Gasteiger partial charge in [-0.1, -0.05) is 26.6 Å². The summed E-state index contributed by atoms with van der Waals surface area (Å²) in [4.78, 5) is 0. The highest BCUT2D eigenvalue weighted by molar-refractivity contribution is 9.10. The highest BCUT2D eigenvalue weighted by atomic mass is 79.9. The molecule has 0 aromatic heterocycles. The molecule has 0 fully saturated rings. The number of rotatable bonds is 9. The van der Waals surface area contributed by atoms with E-state index in [1.54, 1.807) is 19.9 Å². The van der Waals surface area contributed by atoms with Crippen LogP contribution in [-0.4, -0.2) is 35.6 Å². The van der Waals surface area contributed by atoms with Gasteiger partial charge in [0.2, 0.25) is 10.0 Å². The molecular formula is C16H27BrFNO3SSi. The molecule has 8 heteroatoms. The van der Waals surface area contributed by atoms with Crippen molar-refractivity contribution in [1.29, 1.82) is 0 Å². The lowest BCUT2D eigenvalue weighted by molar-refractivity contribution is 0.156. The van der Waals surface area contributed by atoms with Crippen molar-refractivity contribution < 1.29 is 17.5 Å². The zero-order chi connectivity index (χ0) is 18.5. The Balaban J connectivity index is 3.08. The first-order valence-electron chi connectivity index (χ1n) is 8.02. The second kappa shape index (κ2) is 8.78. The van der Waals surface area contributed by atoms with E-state index < -0.39 is 23.9 Å². The monoisotopic (exact) mass is 439 g/mol. The molecule has 0 aliphatic rings. The minimum Gasteiger partial charge on any atom is -0.360 e. The maximum Gasteiger partial charge on any atom is 0.237 e. The Morgan fingerprint density at radius 1 is 1.29 bits per heavy atom. The van der Waals surface area contributed by atoms with Crippen LogP contribution >= 0.6 is 15.9 Å². The fourth-order valence-electron chi connectivity index (χ4n) is 2.08. The topological polar surface area (TPSA) is 46.6 Å². The van der Waals surface area contributed by atoms with Gasteiger partial charge in [0.25, 0.3) is 0 Å². The van der Waals surface area contributed by atoms with Crippen LogP contribution in [0.4, 0.5) is 10.1 Å². The third-order valence-corrected chi connectivity index (χ3v) is 7.60. The first kappa shape index (κ1) is 21.6. The third kappa shape index (κ3) is 6.46. The van der Waals surface area contributed by atoms with Crippen molar-refractivity contribution in [1.82, 2.24) is 0 Å². The van der Waals surface area contributed by atoms with Gasteiger partial charge in [0.15, 0.2) is 5.82 Å². The Labute approximate surface area is 154 Å². The van der Waals surface area contributed by atoms with Crippen LogP contribution in [0.2, 0.25) is 25.7 Å². The van der Waals surface area contributed by atoms with E-state index in [1.165, 1.54) is 6.07 Å². The normalized spacial score (nSPS) is 12.5. The number of aryl methyl sites for hydroxylation is 1. The van der Waals surface area contributed by atoms with Crippen molar-refractivity contribution in [3.63, 3.8) is 0 Å². The van der Waals surface area contributed by atoms with Crippen LogP contribution in [0.15, 0.2) is 16.6 Å². The van der Waals surface area contributed by atoms with E-state index in [0.29, 0.717) is 13.0 Å². The molecule has 0 amide bonds. The number of nitrogens with zero attached hydrogens (tertiary/aromatic N) is 1. The number of anilines is 1. The van der Waals surface area contributed by atoms with E-state index in [4.69, 9.17) is 4.74 Å². The molecule has 1 aromatic carbocycles. The van der Waals surface area contributed by atoms with Crippen LogP contribution in [0.3, 0.4) is 0 Å². The minimum absolute atomic E-state index is 0.0309. The molecule has 0 saturated carbocycles. The molecule has 0 radical (unpaired) electrons. The molecule has 0 bridgehead atoms. The van der Waals surface area contributed by atoms with Gasteiger partial charge in [0, 0.05) is 14.7 Å². The zero-order valence-electron chi connectivity index (χ0n) is 15.0. The number of sulfonamides is 1. The molecule has 1 aromatic rings. The first-order chi connectivity index (χ1) is 11.0. The van der Waals surface area contributed by atoms with Gasteiger partial charge >= 0.3 is 0 Å². The molecule has 0 N–H and O–H groups in total. The van der Waals surface area contributed by atoms with E-state index in [9.17, 15) is 12.8 Å². The predicted octanol–water partition coefficient (Wildman–Crippen LogP) is 4.76. The molecule has 0 atom stereocenters. The zero-order valence-corrected chi connectivity index (χ0v) is 18.4. The summed E-state index contributed by atoms with van der Waals surface area (Å²) >= 11 is 3.15. The SMILES string of the molecule is CCCS(=O)(=O)N(COCC[Si](C)(C)C)c1cc(C)cc(Br)c1F. The number of benzene rings is 1. The second-order valence-corrected chi connectivity index (χ2v) is 15.6. The second-order valence-electron chi connectivity index (χ2n) is 7.09. The van der Waals surface area contributed by atoms with Gasteiger partial charge in [-0.3, -0.25) is 0 Å². The van der Waals surface area contributed by atoms with E-state index in [0.717, 1.165) is 15.9 Å². The van der Waals surface area contributed by atoms with Gasteiger partial charge < -0.3 is 4.74 Å². The van der Waals surface area contributed by atoms with Gasteiger partial charge in [-0.25, -0.2) is 17.1 Å². The predicted molar refractivity (Wildman–Crippen MR) is 104 cm³/mol. The van der Waals surface area contributed by atoms with Gasteiger partial charge in [-0.05, 0) is 53.0 Å². The fraction of sp³-hybridized carbons (Fsp3) is 0.625. The standard InChI is InChI=1S/C16H27BrFNO3SSi/c1-6-8-23(20,21)19(12-22-7-9-24(3,4)5)15-11-13(2)10-14(17)16(15)18/h10-11H,6-9,12H2,1-5H3. The lowest BCUT2D eigenvalue weighted by Gasteiger charge is -2.26. The van der Waals surface area contributed by atoms with Crippen molar-refractivity contribution >= 4 is 39.7 Å². The van der Waals surface area contributed by atoms with Crippen molar-refractivity contribution in [3.05, 3.63) is 28.0 Å². The molecule has 0 spiro atoms. The first-order valence-corrected chi connectivity index (χ1v) is 14.1. The maximum absolute atomic E-state index is 14.5. The van der Waals surface area contributed by atoms with Crippen molar-refractivity contribution in [2.24, 2.45) is 0 Å². The Morgan fingerprint density at radius 3 is 2.46 bits per heavy atom. The lowest BCUT2D eigenvalue weighted by Crippen LogP contribution is -2.36. The fourth-order valence-corrected chi connectivity index (χ4v) is 4.81.